The van der Waals surface area contributed by atoms with E-state index < -0.39 is 14.9 Å². The van der Waals surface area contributed by atoms with Crippen molar-refractivity contribution in [2.75, 3.05) is 33.0 Å². The molecule has 0 aliphatic rings. The Kier molecular flexibility index (Phi) is 12.8. The second kappa shape index (κ2) is 14.3. The van der Waals surface area contributed by atoms with Gasteiger partial charge < -0.3 is 27.7 Å². The largest absolute Gasteiger partial charge is 0.501 e. The molecule has 1 aromatic rings. The molecule has 1 unspecified atom stereocenters. The second-order valence-electron chi connectivity index (χ2n) is 6.32. The summed E-state index contributed by atoms with van der Waals surface area (Å²) in [5.74, 6) is 0. The fraction of sp³-hybridized carbons (Fsp3) is 0.833. The summed E-state index contributed by atoms with van der Waals surface area (Å²) in [7, 11) is -2.64. The summed E-state index contributed by atoms with van der Waals surface area (Å²) in [5.41, 5.74) is 0. The number of rotatable bonds is 17. The van der Waals surface area contributed by atoms with Crippen molar-refractivity contribution in [2.24, 2.45) is 0 Å². The highest BCUT2D eigenvalue weighted by Gasteiger charge is 2.40. The van der Waals surface area contributed by atoms with Crippen molar-refractivity contribution < 1.29 is 23.1 Å². The number of hydrogen-bond donors (Lipinski definition) is 1. The number of ether oxygens (including phenoxy) is 1. The van der Waals surface area contributed by atoms with Crippen LogP contribution in [-0.2, 0) is 24.6 Å². The van der Waals surface area contributed by atoms with Crippen molar-refractivity contribution in [2.45, 2.75) is 65.1 Å². The summed E-state index contributed by atoms with van der Waals surface area (Å²) >= 11 is 0. The van der Waals surface area contributed by atoms with Crippen LogP contribution in [-0.4, -0.2) is 62.6 Å². The minimum Gasteiger partial charge on any atom is -0.389 e. The Balaban J connectivity index is 2.35. The molecule has 152 valence electrons. The van der Waals surface area contributed by atoms with Gasteiger partial charge in [0.15, 0.2) is 0 Å². The molecule has 0 fully saturated rings. The minimum absolute atomic E-state index is 0.300. The zero-order valence-electron chi connectivity index (χ0n) is 16.6. The highest BCUT2D eigenvalue weighted by molar-refractivity contribution is 6.60. The van der Waals surface area contributed by atoms with E-state index in [-0.39, 0.29) is 0 Å². The van der Waals surface area contributed by atoms with Crippen LogP contribution >= 0.6 is 0 Å². The van der Waals surface area contributed by atoms with Crippen molar-refractivity contribution in [3.8, 4) is 0 Å². The third-order valence-corrected chi connectivity index (χ3v) is 6.54. The first-order valence-electron chi connectivity index (χ1n) is 9.79. The van der Waals surface area contributed by atoms with Crippen LogP contribution in [0.5, 0.6) is 0 Å². The molecule has 7 nitrogen and oxygen atoms in total. The summed E-state index contributed by atoms with van der Waals surface area (Å²) in [6, 6.07) is 0.741. The molecule has 0 bridgehead atoms. The van der Waals surface area contributed by atoms with Crippen molar-refractivity contribution in [1.29, 1.82) is 0 Å². The summed E-state index contributed by atoms with van der Waals surface area (Å²) < 4.78 is 25.6. The Morgan fingerprint density at radius 1 is 1.00 bits per heavy atom. The maximum Gasteiger partial charge on any atom is 0.501 e. The second-order valence-corrected chi connectivity index (χ2v) is 9.05. The number of hydrogen-bond acceptors (Lipinski definition) is 6. The van der Waals surface area contributed by atoms with E-state index in [1.165, 1.54) is 0 Å². The van der Waals surface area contributed by atoms with E-state index in [1.807, 2.05) is 10.8 Å². The van der Waals surface area contributed by atoms with E-state index in [0.717, 1.165) is 31.7 Å². The zero-order chi connectivity index (χ0) is 19.1. The lowest BCUT2D eigenvalue weighted by Gasteiger charge is -2.29. The van der Waals surface area contributed by atoms with E-state index in [9.17, 15) is 5.11 Å². The Morgan fingerprint density at radius 2 is 1.62 bits per heavy atom. The molecule has 0 amide bonds. The maximum atomic E-state index is 9.99. The lowest BCUT2D eigenvalue weighted by Crippen LogP contribution is -2.46. The average molecular weight is 389 g/mol. The van der Waals surface area contributed by atoms with E-state index in [0.29, 0.717) is 39.6 Å². The molecule has 0 spiro atoms. The first-order valence-corrected chi connectivity index (χ1v) is 11.7. The monoisotopic (exact) mass is 388 g/mol. The SMILES string of the molecule is CCCO[Si](CCCOCC(O)Cn1ccnc1)(OCCC)OCCC. The van der Waals surface area contributed by atoms with Crippen LogP contribution in [0.2, 0.25) is 6.04 Å². The molecule has 1 heterocycles. The van der Waals surface area contributed by atoms with Crippen molar-refractivity contribution >= 4 is 8.80 Å². The molecule has 1 aromatic heterocycles. The van der Waals surface area contributed by atoms with Crippen LogP contribution in [0.15, 0.2) is 18.7 Å². The van der Waals surface area contributed by atoms with Gasteiger partial charge in [-0.15, -0.1) is 0 Å². The lowest BCUT2D eigenvalue weighted by atomic mass is 10.4. The molecule has 0 saturated heterocycles. The van der Waals surface area contributed by atoms with Gasteiger partial charge in [-0.25, -0.2) is 4.98 Å². The highest BCUT2D eigenvalue weighted by atomic mass is 28.4. The summed E-state index contributed by atoms with van der Waals surface area (Å²) in [4.78, 5) is 3.96. The van der Waals surface area contributed by atoms with Gasteiger partial charge in [-0.2, -0.15) is 0 Å². The van der Waals surface area contributed by atoms with Gasteiger partial charge >= 0.3 is 8.80 Å². The van der Waals surface area contributed by atoms with Gasteiger partial charge in [0, 0.05) is 44.9 Å². The van der Waals surface area contributed by atoms with E-state index in [4.69, 9.17) is 18.0 Å². The molecular weight excluding hydrogens is 352 g/mol. The summed E-state index contributed by atoms with van der Waals surface area (Å²) in [6.45, 7) is 9.57. The summed E-state index contributed by atoms with van der Waals surface area (Å²) in [6.07, 6.45) is 8.27. The van der Waals surface area contributed by atoms with E-state index in [2.05, 4.69) is 25.8 Å². The third kappa shape index (κ3) is 9.80. The molecule has 8 heteroatoms. The van der Waals surface area contributed by atoms with Gasteiger partial charge in [0.25, 0.3) is 0 Å². The molecule has 1 rings (SSSR count). The Bertz CT molecular complexity index is 411. The maximum absolute atomic E-state index is 9.99. The third-order valence-electron chi connectivity index (χ3n) is 3.64. The van der Waals surface area contributed by atoms with Crippen LogP contribution in [0.3, 0.4) is 0 Å². The minimum atomic E-state index is -2.64. The fourth-order valence-corrected chi connectivity index (χ4v) is 5.22. The quantitative estimate of drug-likeness (QED) is 0.327. The fourth-order valence-electron chi connectivity index (χ4n) is 2.42. The molecule has 0 radical (unpaired) electrons. The van der Waals surface area contributed by atoms with Gasteiger partial charge in [0.1, 0.15) is 0 Å². The van der Waals surface area contributed by atoms with E-state index in [1.54, 1.807) is 12.5 Å². The smallest absolute Gasteiger partial charge is 0.389 e. The predicted molar refractivity (Wildman–Crippen MR) is 103 cm³/mol. The topological polar surface area (TPSA) is 75.0 Å². The number of aliphatic hydroxyl groups excluding tert-OH is 1. The number of nitrogens with zero attached hydrogens (tertiary/aromatic N) is 2. The van der Waals surface area contributed by atoms with Gasteiger partial charge in [-0.1, -0.05) is 20.8 Å². The predicted octanol–water partition coefficient (Wildman–Crippen LogP) is 2.87. The number of imidazole rings is 1. The molecule has 1 atom stereocenters. The zero-order valence-corrected chi connectivity index (χ0v) is 17.6. The highest BCUT2D eigenvalue weighted by Crippen LogP contribution is 2.19. The molecule has 0 saturated carbocycles. The van der Waals surface area contributed by atoms with Crippen LogP contribution in [0.25, 0.3) is 0 Å². The van der Waals surface area contributed by atoms with Crippen molar-refractivity contribution in [1.82, 2.24) is 9.55 Å². The van der Waals surface area contributed by atoms with Crippen LogP contribution < -0.4 is 0 Å². The Labute approximate surface area is 159 Å². The van der Waals surface area contributed by atoms with Crippen LogP contribution in [0.4, 0.5) is 0 Å². The van der Waals surface area contributed by atoms with Crippen LogP contribution in [0.1, 0.15) is 46.5 Å². The average Bonchev–Trinajstić information content (AvgIpc) is 3.15. The first kappa shape index (κ1) is 23.3. The summed E-state index contributed by atoms with van der Waals surface area (Å²) in [5, 5.41) is 9.99. The molecule has 0 aliphatic carbocycles. The first-order chi connectivity index (χ1) is 12.7. The molecule has 1 N–H and O–H groups in total. The van der Waals surface area contributed by atoms with Gasteiger partial charge in [-0.3, -0.25) is 0 Å². The van der Waals surface area contributed by atoms with E-state index >= 15 is 0 Å². The normalized spacial score (nSPS) is 13.2. The molecule has 0 aliphatic heterocycles. The standard InChI is InChI=1S/C18H36N2O5Si/c1-4-10-23-26(24-11-5-2,25-12-6-3)14-7-13-22-16-18(21)15-20-9-8-19-17-20/h8-9,17-18,21H,4-7,10-16H2,1-3H3. The molecule has 0 aromatic carbocycles. The molecular formula is C18H36N2O5Si. The Morgan fingerprint density at radius 3 is 2.12 bits per heavy atom. The van der Waals surface area contributed by atoms with Gasteiger partial charge in [0.05, 0.1) is 25.6 Å². The van der Waals surface area contributed by atoms with Crippen molar-refractivity contribution in [3.63, 3.8) is 0 Å². The van der Waals surface area contributed by atoms with Crippen molar-refractivity contribution in [3.05, 3.63) is 18.7 Å². The lowest BCUT2D eigenvalue weighted by molar-refractivity contribution is 0.0239. The number of aromatic nitrogens is 2. The number of aliphatic hydroxyl groups is 1. The van der Waals surface area contributed by atoms with Gasteiger partial charge in [-0.05, 0) is 25.7 Å². The van der Waals surface area contributed by atoms with Gasteiger partial charge in [0.2, 0.25) is 0 Å². The Hall–Kier alpha value is -0.773. The molecule has 26 heavy (non-hydrogen) atoms. The van der Waals surface area contributed by atoms with Crippen LogP contribution in [0, 0.1) is 0 Å².